The number of nitrogens with one attached hydrogen (secondary N) is 1. The van der Waals surface area contributed by atoms with E-state index >= 15 is 0 Å². The van der Waals surface area contributed by atoms with Crippen LogP contribution in [0.1, 0.15) is 5.76 Å². The minimum atomic E-state index is -0.571. The number of hydrogen-bond donors (Lipinski definition) is 1. The summed E-state index contributed by atoms with van der Waals surface area (Å²) < 4.78 is 5.55. The first-order chi connectivity index (χ1) is 12.5. The van der Waals surface area contributed by atoms with Gasteiger partial charge in [0.05, 0.1) is 16.1 Å². The van der Waals surface area contributed by atoms with E-state index in [4.69, 9.17) is 4.42 Å². The fraction of sp³-hybridized carbons (Fsp3) is 0. The predicted molar refractivity (Wildman–Crippen MR) is 92.9 cm³/mol. The van der Waals surface area contributed by atoms with E-state index in [2.05, 4.69) is 15.5 Å². The summed E-state index contributed by atoms with van der Waals surface area (Å²) in [4.78, 5) is 24.5. The quantitative estimate of drug-likeness (QED) is 0.406. The van der Waals surface area contributed by atoms with Crippen molar-refractivity contribution in [2.75, 3.05) is 5.43 Å². The Kier molecular flexibility index (Phi) is 4.65. The fourth-order valence-electron chi connectivity index (χ4n) is 2.14. The number of nitro benzene ring substituents is 1. The lowest BCUT2D eigenvalue weighted by molar-refractivity contribution is -0.384. The number of rotatable bonds is 6. The first kappa shape index (κ1) is 16.8. The molecule has 0 atom stereocenters. The van der Waals surface area contributed by atoms with Crippen LogP contribution >= 0.6 is 0 Å². The first-order valence-corrected chi connectivity index (χ1v) is 7.28. The van der Waals surface area contributed by atoms with Crippen molar-refractivity contribution in [3.05, 3.63) is 80.7 Å². The molecule has 0 aliphatic carbocycles. The second kappa shape index (κ2) is 7.21. The van der Waals surface area contributed by atoms with Crippen molar-refractivity contribution in [3.63, 3.8) is 0 Å². The third kappa shape index (κ3) is 3.70. The number of nitrogens with zero attached hydrogens (tertiary/aromatic N) is 4. The summed E-state index contributed by atoms with van der Waals surface area (Å²) >= 11 is 0. The lowest BCUT2D eigenvalue weighted by Gasteiger charge is -1.99. The minimum Gasteiger partial charge on any atom is -0.455 e. The predicted octanol–water partition coefficient (Wildman–Crippen LogP) is 3.60. The van der Waals surface area contributed by atoms with E-state index < -0.39 is 9.85 Å². The van der Waals surface area contributed by atoms with Gasteiger partial charge in [-0.05, 0) is 18.2 Å². The molecule has 0 spiro atoms. The fourth-order valence-corrected chi connectivity index (χ4v) is 2.14. The van der Waals surface area contributed by atoms with Gasteiger partial charge in [-0.15, -0.1) is 0 Å². The molecular formula is C16H11N5O5. The van der Waals surface area contributed by atoms with E-state index in [1.165, 1.54) is 36.7 Å². The minimum absolute atomic E-state index is 0.000728. The smallest absolute Gasteiger partial charge is 0.313 e. The van der Waals surface area contributed by atoms with Crippen LogP contribution in [0.25, 0.3) is 11.3 Å². The number of furan rings is 1. The van der Waals surface area contributed by atoms with Crippen LogP contribution in [0.2, 0.25) is 0 Å². The highest BCUT2D eigenvalue weighted by Crippen LogP contribution is 2.25. The zero-order valence-electron chi connectivity index (χ0n) is 13.1. The highest BCUT2D eigenvalue weighted by atomic mass is 16.6. The Hall–Kier alpha value is -4.08. The number of non-ortho nitro benzene ring substituents is 1. The average molecular weight is 353 g/mol. The maximum absolute atomic E-state index is 10.9. The Morgan fingerprint density at radius 1 is 1.08 bits per heavy atom. The van der Waals surface area contributed by atoms with E-state index in [0.717, 1.165) is 0 Å². The summed E-state index contributed by atoms with van der Waals surface area (Å²) in [6.45, 7) is 0. The van der Waals surface area contributed by atoms with Crippen molar-refractivity contribution in [2.45, 2.75) is 0 Å². The van der Waals surface area contributed by atoms with E-state index in [1.807, 2.05) is 0 Å². The van der Waals surface area contributed by atoms with Crippen LogP contribution in [0.3, 0.4) is 0 Å². The van der Waals surface area contributed by atoms with Crippen molar-refractivity contribution < 1.29 is 14.3 Å². The zero-order valence-corrected chi connectivity index (χ0v) is 13.1. The van der Waals surface area contributed by atoms with Crippen LogP contribution in [0, 0.1) is 20.2 Å². The summed E-state index contributed by atoms with van der Waals surface area (Å²) in [6, 6.07) is 12.0. The van der Waals surface area contributed by atoms with Gasteiger partial charge in [-0.2, -0.15) is 5.10 Å². The maximum Gasteiger partial charge on any atom is 0.313 e. The number of nitro groups is 2. The van der Waals surface area contributed by atoms with Crippen molar-refractivity contribution >= 4 is 23.4 Å². The lowest BCUT2D eigenvalue weighted by Crippen LogP contribution is -1.98. The molecule has 0 aliphatic rings. The molecule has 3 aromatic rings. The molecule has 10 heteroatoms. The molecule has 2 aromatic heterocycles. The molecule has 0 bridgehead atoms. The van der Waals surface area contributed by atoms with Crippen molar-refractivity contribution in [1.82, 2.24) is 4.98 Å². The second-order valence-electron chi connectivity index (χ2n) is 5.01. The standard InChI is InChI=1S/C16H11N5O5/c22-20(23)12-4-1-3-11(9-12)15-7-6-13(26-15)10-18-19-16-14(21(24)25)5-2-8-17-16/h1-10H,(H,17,19)/b18-10+. The molecule has 26 heavy (non-hydrogen) atoms. The van der Waals surface area contributed by atoms with Crippen LogP contribution in [-0.4, -0.2) is 21.0 Å². The molecular weight excluding hydrogens is 342 g/mol. The van der Waals surface area contributed by atoms with E-state index in [9.17, 15) is 20.2 Å². The Bertz CT molecular complexity index is 998. The third-order valence-corrected chi connectivity index (χ3v) is 3.31. The molecule has 10 nitrogen and oxygen atoms in total. The number of hydrazone groups is 1. The molecule has 1 N–H and O–H groups in total. The molecule has 130 valence electrons. The Balaban J connectivity index is 1.75. The molecule has 0 radical (unpaired) electrons. The topological polar surface area (TPSA) is 137 Å². The van der Waals surface area contributed by atoms with Gasteiger partial charge in [-0.25, -0.2) is 4.98 Å². The number of hydrogen-bond acceptors (Lipinski definition) is 8. The van der Waals surface area contributed by atoms with Crippen LogP contribution < -0.4 is 5.43 Å². The monoisotopic (exact) mass is 353 g/mol. The Morgan fingerprint density at radius 2 is 1.92 bits per heavy atom. The van der Waals surface area contributed by atoms with Gasteiger partial charge in [-0.3, -0.25) is 25.7 Å². The van der Waals surface area contributed by atoms with Crippen molar-refractivity contribution in [3.8, 4) is 11.3 Å². The highest BCUT2D eigenvalue weighted by Gasteiger charge is 2.13. The van der Waals surface area contributed by atoms with Crippen LogP contribution in [0.5, 0.6) is 0 Å². The number of aromatic nitrogens is 1. The molecule has 2 heterocycles. The van der Waals surface area contributed by atoms with Gasteiger partial charge >= 0.3 is 5.69 Å². The van der Waals surface area contributed by atoms with Crippen LogP contribution in [0.4, 0.5) is 17.2 Å². The average Bonchev–Trinajstić information content (AvgIpc) is 3.11. The van der Waals surface area contributed by atoms with Crippen LogP contribution in [-0.2, 0) is 0 Å². The number of anilines is 1. The number of pyridine rings is 1. The maximum atomic E-state index is 10.9. The molecule has 1 aromatic carbocycles. The van der Waals surface area contributed by atoms with E-state index in [-0.39, 0.29) is 17.2 Å². The van der Waals surface area contributed by atoms with Gasteiger partial charge in [0.15, 0.2) is 0 Å². The molecule has 0 amide bonds. The summed E-state index contributed by atoms with van der Waals surface area (Å²) in [7, 11) is 0. The van der Waals surface area contributed by atoms with Crippen molar-refractivity contribution in [2.24, 2.45) is 5.10 Å². The second-order valence-corrected chi connectivity index (χ2v) is 5.01. The van der Waals surface area contributed by atoms with Gasteiger partial charge in [0.1, 0.15) is 11.5 Å². The largest absolute Gasteiger partial charge is 0.455 e. The molecule has 3 rings (SSSR count). The summed E-state index contributed by atoms with van der Waals surface area (Å²) in [6.07, 6.45) is 2.72. The molecule has 0 saturated heterocycles. The van der Waals surface area contributed by atoms with Gasteiger partial charge in [0.2, 0.25) is 5.82 Å². The molecule has 0 saturated carbocycles. The van der Waals surface area contributed by atoms with Crippen LogP contribution in [0.15, 0.2) is 64.2 Å². The third-order valence-electron chi connectivity index (χ3n) is 3.31. The zero-order chi connectivity index (χ0) is 18.5. The molecule has 0 unspecified atom stereocenters. The summed E-state index contributed by atoms with van der Waals surface area (Å²) in [5, 5.41) is 25.6. The van der Waals surface area contributed by atoms with Gasteiger partial charge in [0.25, 0.3) is 5.69 Å². The van der Waals surface area contributed by atoms with Gasteiger partial charge in [-0.1, -0.05) is 12.1 Å². The first-order valence-electron chi connectivity index (χ1n) is 7.28. The SMILES string of the molecule is O=[N+]([O-])c1cccc(-c2ccc(/C=N/Nc3ncccc3[N+](=O)[O-])o2)c1. The lowest BCUT2D eigenvalue weighted by atomic mass is 10.1. The number of benzene rings is 1. The summed E-state index contributed by atoms with van der Waals surface area (Å²) in [5.74, 6) is 0.788. The molecule has 0 fully saturated rings. The van der Waals surface area contributed by atoms with Gasteiger partial charge < -0.3 is 4.42 Å². The van der Waals surface area contributed by atoms with Gasteiger partial charge in [0, 0.05) is 30.0 Å². The van der Waals surface area contributed by atoms with E-state index in [0.29, 0.717) is 17.1 Å². The van der Waals surface area contributed by atoms with Crippen molar-refractivity contribution in [1.29, 1.82) is 0 Å². The normalized spacial score (nSPS) is 10.8. The Morgan fingerprint density at radius 3 is 2.69 bits per heavy atom. The highest BCUT2D eigenvalue weighted by molar-refractivity contribution is 5.78. The Labute approximate surface area is 146 Å². The van der Waals surface area contributed by atoms with E-state index in [1.54, 1.807) is 24.3 Å². The summed E-state index contributed by atoms with van der Waals surface area (Å²) in [5.41, 5.74) is 2.78. The molecule has 0 aliphatic heterocycles.